The molecule has 14 heteroatoms. The second-order valence-electron chi connectivity index (χ2n) is 13.8. The first-order chi connectivity index (χ1) is 26.4. The number of allylic oxidation sites excluding steroid dienone is 1. The molecule has 2 aromatic carbocycles. The van der Waals surface area contributed by atoms with E-state index < -0.39 is 11.0 Å². The number of aromatic nitrogens is 3. The van der Waals surface area contributed by atoms with E-state index >= 15 is 0 Å². The van der Waals surface area contributed by atoms with Crippen molar-refractivity contribution in [1.29, 1.82) is 0 Å². The van der Waals surface area contributed by atoms with Crippen LogP contribution in [0.3, 0.4) is 0 Å². The van der Waals surface area contributed by atoms with Gasteiger partial charge >= 0.3 is 5.82 Å². The van der Waals surface area contributed by atoms with Crippen molar-refractivity contribution in [3.05, 3.63) is 139 Å². The molecule has 1 N–H and O–H groups in total. The predicted molar refractivity (Wildman–Crippen MR) is 214 cm³/mol. The lowest BCUT2D eigenvalue weighted by Gasteiger charge is -2.28. The number of fused-ring (bicyclic) bond motifs is 1. The summed E-state index contributed by atoms with van der Waals surface area (Å²) >= 11 is 6.81. The van der Waals surface area contributed by atoms with Crippen molar-refractivity contribution in [1.82, 2.24) is 14.5 Å². The standard InChI is InChI=1S/C41H40ClN7O6/c1-26(28-11-8-10-27(18-28)19-31(50)12-9-17-49(2,3)25-29-14-16-44-40(29)48(52)53)47-35-23-38(46-37-13-6-7-15-43-37)45-24-30(35)20-34(41(47)51)33-21-32(54-4)22-36(55-5)39(33)42/h6-13,15-16,18,20-24,26H,14,17,19,25H2,1-5H3/p+1/b12-9+. The molecule has 1 atom stereocenters. The molecule has 4 heterocycles. The van der Waals surface area contributed by atoms with Gasteiger partial charge in [0, 0.05) is 53.9 Å². The number of quaternary nitrogens is 1. The molecule has 0 amide bonds. The largest absolute Gasteiger partial charge is 0.497 e. The van der Waals surface area contributed by atoms with Gasteiger partial charge in [0.1, 0.15) is 35.9 Å². The van der Waals surface area contributed by atoms with Crippen molar-refractivity contribution in [3.8, 4) is 22.6 Å². The first-order valence-corrected chi connectivity index (χ1v) is 17.9. The molecule has 0 fully saturated rings. The minimum atomic E-state index is -0.493. The number of likely N-dealkylation sites (N-methyl/N-ethyl adjacent to an activating group) is 1. The number of hydrogen-bond donors (Lipinski definition) is 1. The number of halogens is 1. The van der Waals surface area contributed by atoms with E-state index in [9.17, 15) is 19.7 Å². The molecule has 0 aliphatic carbocycles. The Labute approximate surface area is 323 Å². The summed E-state index contributed by atoms with van der Waals surface area (Å²) in [5.41, 5.74) is 3.36. The van der Waals surface area contributed by atoms with Crippen molar-refractivity contribution in [2.75, 3.05) is 46.7 Å². The van der Waals surface area contributed by atoms with E-state index in [1.54, 1.807) is 53.5 Å². The molecule has 1 aliphatic rings. The number of ketones is 1. The number of aliphatic imine (C=N–C) groups is 1. The first kappa shape index (κ1) is 38.5. The fourth-order valence-corrected chi connectivity index (χ4v) is 6.93. The zero-order valence-electron chi connectivity index (χ0n) is 31.2. The molecule has 5 aromatic rings. The smallest absolute Gasteiger partial charge is 0.368 e. The van der Waals surface area contributed by atoms with Gasteiger partial charge < -0.3 is 34.0 Å². The van der Waals surface area contributed by atoms with Crippen molar-refractivity contribution >= 4 is 46.1 Å². The highest BCUT2D eigenvalue weighted by Gasteiger charge is 2.28. The molecule has 0 radical (unpaired) electrons. The summed E-state index contributed by atoms with van der Waals surface area (Å²) in [6.07, 6.45) is 8.88. The number of ether oxygens (including phenoxy) is 2. The fourth-order valence-electron chi connectivity index (χ4n) is 6.64. The molecule has 3 aromatic heterocycles. The SMILES string of the molecule is COc1cc(OC)c(Cl)c(-c2cc3cnc(Nc4ccccn4)cc3n(C(C)c3cccc(CC(=O)/C=C/C[N+](C)(C)CC4=C([N+](=O)[O-])N=CC4)c3)c2=O)c1. The Bertz CT molecular complexity index is 2420. The monoisotopic (exact) mass is 762 g/mol. The van der Waals surface area contributed by atoms with E-state index in [0.29, 0.717) is 74.7 Å². The normalized spacial score (nSPS) is 13.4. The Hall–Kier alpha value is -6.18. The number of pyridine rings is 3. The van der Waals surface area contributed by atoms with Crippen LogP contribution in [0.25, 0.3) is 22.0 Å². The van der Waals surface area contributed by atoms with Gasteiger partial charge in [0.15, 0.2) is 5.78 Å². The van der Waals surface area contributed by atoms with E-state index in [1.165, 1.54) is 14.2 Å². The number of methoxy groups -OCH3 is 2. The number of carbonyl (C=O) groups is 1. The van der Waals surface area contributed by atoms with Crippen molar-refractivity contribution in [2.45, 2.75) is 25.8 Å². The lowest BCUT2D eigenvalue weighted by Crippen LogP contribution is -2.41. The van der Waals surface area contributed by atoms with Crippen LogP contribution in [0, 0.1) is 10.1 Å². The van der Waals surface area contributed by atoms with Gasteiger partial charge in [0.05, 0.1) is 57.0 Å². The van der Waals surface area contributed by atoms with Gasteiger partial charge in [-0.3, -0.25) is 9.59 Å². The van der Waals surface area contributed by atoms with Gasteiger partial charge in [0.25, 0.3) is 5.56 Å². The van der Waals surface area contributed by atoms with E-state index in [0.717, 1.165) is 11.1 Å². The molecule has 1 aliphatic heterocycles. The maximum Gasteiger partial charge on any atom is 0.368 e. The Morgan fingerprint density at radius 2 is 1.87 bits per heavy atom. The summed E-state index contributed by atoms with van der Waals surface area (Å²) in [7, 11) is 6.94. The summed E-state index contributed by atoms with van der Waals surface area (Å²) in [6, 6.07) is 19.6. The second kappa shape index (κ2) is 16.5. The van der Waals surface area contributed by atoms with Crippen LogP contribution >= 0.6 is 11.6 Å². The number of rotatable bonds is 15. The van der Waals surface area contributed by atoms with Crippen LogP contribution in [0.4, 0.5) is 11.6 Å². The molecule has 0 saturated carbocycles. The van der Waals surface area contributed by atoms with Crippen molar-refractivity contribution in [3.63, 3.8) is 0 Å². The Kier molecular flexibility index (Phi) is 11.5. The van der Waals surface area contributed by atoms with Crippen LogP contribution in [-0.4, -0.2) is 77.3 Å². The fraction of sp³-hybridized carbons (Fsp3) is 0.244. The number of benzene rings is 2. The summed E-state index contributed by atoms with van der Waals surface area (Å²) < 4.78 is 13.2. The third-order valence-electron chi connectivity index (χ3n) is 9.36. The molecule has 13 nitrogen and oxygen atoms in total. The van der Waals surface area contributed by atoms with E-state index in [4.69, 9.17) is 21.1 Å². The highest BCUT2D eigenvalue weighted by molar-refractivity contribution is 6.35. The molecule has 282 valence electrons. The highest BCUT2D eigenvalue weighted by Crippen LogP contribution is 2.39. The number of carbonyl (C=O) groups excluding carboxylic acids is 1. The predicted octanol–water partition coefficient (Wildman–Crippen LogP) is 7.19. The molecular weight excluding hydrogens is 722 g/mol. The minimum Gasteiger partial charge on any atom is -0.497 e. The quantitative estimate of drug-likeness (QED) is 0.0506. The van der Waals surface area contributed by atoms with Crippen LogP contribution in [0.1, 0.15) is 30.5 Å². The number of nitrogens with zero attached hydrogens (tertiary/aromatic N) is 6. The molecule has 6 rings (SSSR count). The van der Waals surface area contributed by atoms with Crippen molar-refractivity contribution < 1.29 is 23.7 Å². The lowest BCUT2D eigenvalue weighted by molar-refractivity contribution is -0.880. The van der Waals surface area contributed by atoms with Gasteiger partial charge in [-0.25, -0.2) is 9.97 Å². The molecule has 0 saturated heterocycles. The van der Waals surface area contributed by atoms with Gasteiger partial charge in [-0.2, -0.15) is 0 Å². The van der Waals surface area contributed by atoms with E-state index in [1.807, 2.05) is 69.6 Å². The average molecular weight is 763 g/mol. The van der Waals surface area contributed by atoms with E-state index in [-0.39, 0.29) is 28.6 Å². The molecule has 1 unspecified atom stereocenters. The maximum absolute atomic E-state index is 14.7. The third kappa shape index (κ3) is 8.80. The van der Waals surface area contributed by atoms with Gasteiger partial charge in [-0.15, -0.1) is 0 Å². The van der Waals surface area contributed by atoms with Gasteiger partial charge in [-0.1, -0.05) is 46.9 Å². The minimum absolute atomic E-state index is 0.0927. The summed E-state index contributed by atoms with van der Waals surface area (Å²) in [6.45, 7) is 2.87. The zero-order chi connectivity index (χ0) is 39.3. The highest BCUT2D eigenvalue weighted by atomic mass is 35.5. The topological polar surface area (TPSA) is 151 Å². The number of nitro groups is 1. The van der Waals surface area contributed by atoms with Crippen LogP contribution in [-0.2, 0) is 11.2 Å². The summed E-state index contributed by atoms with van der Waals surface area (Å²) in [5, 5.41) is 15.5. The molecule has 0 spiro atoms. The lowest BCUT2D eigenvalue weighted by atomic mass is 9.99. The second-order valence-corrected chi connectivity index (χ2v) is 14.2. The van der Waals surface area contributed by atoms with Crippen LogP contribution in [0.5, 0.6) is 11.5 Å². The maximum atomic E-state index is 14.7. The number of nitrogens with one attached hydrogen (secondary N) is 1. The van der Waals surface area contributed by atoms with Gasteiger partial charge in [-0.05, 0) is 59.4 Å². The number of hydrogen-bond acceptors (Lipinski definition) is 10. The Morgan fingerprint density at radius 3 is 2.60 bits per heavy atom. The average Bonchev–Trinajstić information content (AvgIpc) is 3.63. The molecule has 55 heavy (non-hydrogen) atoms. The molecular formula is C41H41ClN7O6+. The van der Waals surface area contributed by atoms with Crippen molar-refractivity contribution in [2.24, 2.45) is 4.99 Å². The molecule has 0 bridgehead atoms. The summed E-state index contributed by atoms with van der Waals surface area (Å²) in [5.74, 6) is 1.75. The van der Waals surface area contributed by atoms with Crippen LogP contribution in [0.2, 0.25) is 5.02 Å². The van der Waals surface area contributed by atoms with Gasteiger partial charge in [0.2, 0.25) is 0 Å². The first-order valence-electron chi connectivity index (χ1n) is 17.5. The van der Waals surface area contributed by atoms with E-state index in [2.05, 4.69) is 20.3 Å². The third-order valence-corrected chi connectivity index (χ3v) is 9.75. The van der Waals surface area contributed by atoms with Crippen LogP contribution in [0.15, 0.2) is 112 Å². The van der Waals surface area contributed by atoms with Crippen LogP contribution < -0.4 is 20.3 Å². The zero-order valence-corrected chi connectivity index (χ0v) is 31.9. The Morgan fingerprint density at radius 1 is 1.05 bits per heavy atom. The Balaban J connectivity index is 1.32. The summed E-state index contributed by atoms with van der Waals surface area (Å²) in [4.78, 5) is 51.6. The number of anilines is 2.